The highest BCUT2D eigenvalue weighted by molar-refractivity contribution is 7.92. The van der Waals surface area contributed by atoms with Crippen LogP contribution in [0.2, 0.25) is 0 Å². The number of para-hydroxylation sites is 1. The van der Waals surface area contributed by atoms with Gasteiger partial charge in [0.05, 0.1) is 23.2 Å². The van der Waals surface area contributed by atoms with Crippen LogP contribution in [0.1, 0.15) is 46.0 Å². The molecule has 0 heterocycles. The molecule has 2 rings (SSSR count). The lowest BCUT2D eigenvalue weighted by Gasteiger charge is -2.20. The number of nitrogens with zero attached hydrogens (tertiary/aromatic N) is 1. The van der Waals surface area contributed by atoms with Gasteiger partial charge in [-0.3, -0.25) is 13.9 Å². The van der Waals surface area contributed by atoms with Crippen LogP contribution in [0.4, 0.5) is 11.4 Å². The van der Waals surface area contributed by atoms with Crippen molar-refractivity contribution in [1.29, 1.82) is 0 Å². The quantitative estimate of drug-likeness (QED) is 0.645. The molecule has 156 valence electrons. The average molecular weight is 418 g/mol. The van der Waals surface area contributed by atoms with Crippen LogP contribution in [-0.4, -0.2) is 40.1 Å². The summed E-state index contributed by atoms with van der Waals surface area (Å²) in [5.74, 6) is -0.683. The lowest BCUT2D eigenvalue weighted by molar-refractivity contribution is 0.0954. The Kier molecular flexibility index (Phi) is 7.39. The number of hydrogen-bond acceptors (Lipinski definition) is 4. The van der Waals surface area contributed by atoms with Gasteiger partial charge in [-0.15, -0.1) is 0 Å². The van der Waals surface area contributed by atoms with Crippen molar-refractivity contribution < 1.29 is 18.0 Å². The Morgan fingerprint density at radius 1 is 1.07 bits per heavy atom. The van der Waals surface area contributed by atoms with Crippen molar-refractivity contribution in [3.8, 4) is 0 Å². The molecule has 0 aliphatic heterocycles. The molecule has 0 aliphatic carbocycles. The smallest absolute Gasteiger partial charge is 0.255 e. The third-order valence-electron chi connectivity index (χ3n) is 4.54. The number of anilines is 2. The minimum Gasteiger partial charge on any atom is -0.352 e. The van der Waals surface area contributed by atoms with E-state index in [0.29, 0.717) is 29.0 Å². The van der Waals surface area contributed by atoms with Crippen LogP contribution < -0.4 is 14.9 Å². The topological polar surface area (TPSA) is 95.6 Å². The predicted molar refractivity (Wildman–Crippen MR) is 116 cm³/mol. The van der Waals surface area contributed by atoms with Crippen LogP contribution in [0, 0.1) is 6.92 Å². The van der Waals surface area contributed by atoms with Gasteiger partial charge in [-0.1, -0.05) is 31.5 Å². The third kappa shape index (κ3) is 5.80. The van der Waals surface area contributed by atoms with Gasteiger partial charge in [0.15, 0.2) is 0 Å². The van der Waals surface area contributed by atoms with E-state index in [2.05, 4.69) is 10.6 Å². The highest BCUT2D eigenvalue weighted by Gasteiger charge is 2.18. The number of nitrogens with one attached hydrogen (secondary N) is 2. The normalized spacial score (nSPS) is 11.0. The summed E-state index contributed by atoms with van der Waals surface area (Å²) in [4.78, 5) is 25.2. The Bertz CT molecular complexity index is 1000. The molecule has 0 unspecified atom stereocenters. The summed E-state index contributed by atoms with van der Waals surface area (Å²) >= 11 is 0. The Morgan fingerprint density at radius 2 is 1.76 bits per heavy atom. The highest BCUT2D eigenvalue weighted by atomic mass is 32.2. The summed E-state index contributed by atoms with van der Waals surface area (Å²) in [6, 6.07) is 11.6. The van der Waals surface area contributed by atoms with Crippen LogP contribution in [0.5, 0.6) is 0 Å². The first kappa shape index (κ1) is 22.4. The van der Waals surface area contributed by atoms with Crippen LogP contribution in [0.15, 0.2) is 42.5 Å². The van der Waals surface area contributed by atoms with E-state index in [0.717, 1.165) is 29.0 Å². The molecule has 8 heteroatoms. The molecular weight excluding hydrogens is 390 g/mol. The molecule has 0 aromatic heterocycles. The molecule has 29 heavy (non-hydrogen) atoms. The number of benzene rings is 2. The Labute approximate surface area is 172 Å². The number of sulfonamides is 1. The van der Waals surface area contributed by atoms with Crippen molar-refractivity contribution in [3.63, 3.8) is 0 Å². The van der Waals surface area contributed by atoms with E-state index in [1.807, 2.05) is 6.92 Å². The molecule has 0 bridgehead atoms. The molecule has 2 amide bonds. The van der Waals surface area contributed by atoms with Gasteiger partial charge in [0.2, 0.25) is 10.0 Å². The minimum absolute atomic E-state index is 0.254. The summed E-state index contributed by atoms with van der Waals surface area (Å²) < 4.78 is 24.9. The molecule has 0 spiro atoms. The zero-order valence-corrected chi connectivity index (χ0v) is 18.0. The van der Waals surface area contributed by atoms with Gasteiger partial charge in [0, 0.05) is 19.2 Å². The van der Waals surface area contributed by atoms with Crippen molar-refractivity contribution >= 4 is 33.2 Å². The number of hydrogen-bond donors (Lipinski definition) is 2. The minimum atomic E-state index is -3.46. The standard InChI is InChI=1S/C21H27N3O4S/c1-5-6-13-22-21(26)17-9-7-8-10-18(17)23-20(25)16-12-11-15(2)19(14-16)24(3)29(4,27)28/h7-12,14H,5-6,13H2,1-4H3,(H,22,26)(H,23,25). The SMILES string of the molecule is CCCCNC(=O)c1ccccc1NC(=O)c1ccc(C)c(N(C)S(C)(=O)=O)c1. The monoisotopic (exact) mass is 417 g/mol. The predicted octanol–water partition coefficient (Wildman–Crippen LogP) is 3.17. The maximum Gasteiger partial charge on any atom is 0.255 e. The third-order valence-corrected chi connectivity index (χ3v) is 5.74. The summed E-state index contributed by atoms with van der Waals surface area (Å²) in [5, 5.41) is 5.59. The molecule has 0 radical (unpaired) electrons. The van der Waals surface area contributed by atoms with Crippen LogP contribution in [-0.2, 0) is 10.0 Å². The Morgan fingerprint density at radius 3 is 2.41 bits per heavy atom. The van der Waals surface area contributed by atoms with Gasteiger partial charge in [0.1, 0.15) is 0 Å². The first-order chi connectivity index (χ1) is 13.6. The maximum atomic E-state index is 12.8. The van der Waals surface area contributed by atoms with E-state index in [1.165, 1.54) is 13.1 Å². The van der Waals surface area contributed by atoms with Gasteiger partial charge >= 0.3 is 0 Å². The van der Waals surface area contributed by atoms with E-state index in [9.17, 15) is 18.0 Å². The fraction of sp³-hybridized carbons (Fsp3) is 0.333. The largest absolute Gasteiger partial charge is 0.352 e. The van der Waals surface area contributed by atoms with E-state index in [1.54, 1.807) is 43.3 Å². The number of amides is 2. The molecule has 2 N–H and O–H groups in total. The van der Waals surface area contributed by atoms with Crippen molar-refractivity contribution in [1.82, 2.24) is 5.32 Å². The van der Waals surface area contributed by atoms with Crippen molar-refractivity contribution in [3.05, 3.63) is 59.2 Å². The second-order valence-electron chi connectivity index (χ2n) is 6.84. The molecule has 0 fully saturated rings. The van der Waals surface area contributed by atoms with Gasteiger partial charge < -0.3 is 10.6 Å². The van der Waals surface area contributed by atoms with Gasteiger partial charge in [-0.2, -0.15) is 0 Å². The summed E-state index contributed by atoms with van der Waals surface area (Å²) in [6.45, 7) is 4.38. The molecule has 2 aromatic rings. The Hall–Kier alpha value is -2.87. The lowest BCUT2D eigenvalue weighted by Crippen LogP contribution is -2.27. The van der Waals surface area contributed by atoms with Gasteiger partial charge in [-0.05, 0) is 43.2 Å². The summed E-state index contributed by atoms with van der Waals surface area (Å²) in [6.07, 6.45) is 2.95. The van der Waals surface area contributed by atoms with E-state index < -0.39 is 15.9 Å². The molecular formula is C21H27N3O4S. The lowest BCUT2D eigenvalue weighted by atomic mass is 10.1. The number of unbranched alkanes of at least 4 members (excludes halogenated alkanes) is 1. The van der Waals surface area contributed by atoms with Crippen molar-refractivity contribution in [2.24, 2.45) is 0 Å². The first-order valence-corrected chi connectivity index (χ1v) is 11.2. The number of aryl methyl sites for hydroxylation is 1. The molecule has 0 atom stereocenters. The second kappa shape index (κ2) is 9.56. The number of carbonyl (C=O) groups excluding carboxylic acids is 2. The molecule has 2 aromatic carbocycles. The van der Waals surface area contributed by atoms with Crippen LogP contribution in [0.3, 0.4) is 0 Å². The first-order valence-electron chi connectivity index (χ1n) is 9.38. The van der Waals surface area contributed by atoms with Crippen molar-refractivity contribution in [2.45, 2.75) is 26.7 Å². The summed E-state index contributed by atoms with van der Waals surface area (Å²) in [5.41, 5.74) is 2.21. The van der Waals surface area contributed by atoms with Gasteiger partial charge in [0.25, 0.3) is 11.8 Å². The van der Waals surface area contributed by atoms with Crippen LogP contribution >= 0.6 is 0 Å². The molecule has 0 saturated heterocycles. The van der Waals surface area contributed by atoms with Crippen LogP contribution in [0.25, 0.3) is 0 Å². The van der Waals surface area contributed by atoms with Crippen molar-refractivity contribution in [2.75, 3.05) is 29.5 Å². The number of rotatable bonds is 8. The maximum absolute atomic E-state index is 12.8. The Balaban J connectivity index is 2.27. The molecule has 7 nitrogen and oxygen atoms in total. The second-order valence-corrected chi connectivity index (χ2v) is 8.85. The highest BCUT2D eigenvalue weighted by Crippen LogP contribution is 2.24. The molecule has 0 aliphatic rings. The van der Waals surface area contributed by atoms with Gasteiger partial charge in [-0.25, -0.2) is 8.42 Å². The zero-order valence-electron chi connectivity index (χ0n) is 17.2. The van der Waals surface area contributed by atoms with E-state index in [-0.39, 0.29) is 5.91 Å². The number of carbonyl (C=O) groups is 2. The average Bonchev–Trinajstić information content (AvgIpc) is 2.67. The fourth-order valence-corrected chi connectivity index (χ4v) is 3.28. The van der Waals surface area contributed by atoms with E-state index in [4.69, 9.17) is 0 Å². The zero-order chi connectivity index (χ0) is 21.6. The molecule has 0 saturated carbocycles. The summed E-state index contributed by atoms with van der Waals surface area (Å²) in [7, 11) is -2.02. The van der Waals surface area contributed by atoms with E-state index >= 15 is 0 Å². The fourth-order valence-electron chi connectivity index (χ4n) is 2.73.